The number of carbonyl (C=O) groups is 2. The van der Waals surface area contributed by atoms with Crippen molar-refractivity contribution >= 4 is 29.1 Å². The predicted molar refractivity (Wildman–Crippen MR) is 108 cm³/mol. The zero-order valence-electron chi connectivity index (χ0n) is 15.4. The summed E-state index contributed by atoms with van der Waals surface area (Å²) in [5.74, 6) is 7.08. The Morgan fingerprint density at radius 3 is 2.61 bits per heavy atom. The summed E-state index contributed by atoms with van der Waals surface area (Å²) >= 11 is 1.17. The standard InChI is InChI=1S/C19H19N5O3S/c1-12(25)14-4-3-5-15(10-14)21-17(26)11-28-19-23-22-18(24(19)20)13-6-8-16(27-2)9-7-13/h3-10H,11,20H2,1-2H3,(H,21,26). The fourth-order valence-corrected chi connectivity index (χ4v) is 3.11. The molecule has 0 radical (unpaired) electrons. The monoisotopic (exact) mass is 397 g/mol. The molecule has 0 spiro atoms. The first-order valence-electron chi connectivity index (χ1n) is 8.36. The number of anilines is 1. The normalized spacial score (nSPS) is 10.5. The number of nitrogens with one attached hydrogen (secondary N) is 1. The number of rotatable bonds is 7. The molecule has 0 aliphatic carbocycles. The predicted octanol–water partition coefficient (Wildman–Crippen LogP) is 2.60. The van der Waals surface area contributed by atoms with Crippen molar-refractivity contribution in [2.75, 3.05) is 24.0 Å². The van der Waals surface area contributed by atoms with E-state index < -0.39 is 0 Å². The summed E-state index contributed by atoms with van der Waals surface area (Å²) in [6.45, 7) is 1.48. The Kier molecular flexibility index (Phi) is 5.95. The number of methoxy groups -OCH3 is 1. The molecule has 0 fully saturated rings. The highest BCUT2D eigenvalue weighted by atomic mass is 32.2. The number of benzene rings is 2. The number of hydrogen-bond donors (Lipinski definition) is 2. The number of nitrogens with zero attached hydrogens (tertiary/aromatic N) is 3. The van der Waals surface area contributed by atoms with Gasteiger partial charge in [0.2, 0.25) is 11.1 Å². The van der Waals surface area contributed by atoms with E-state index in [1.165, 1.54) is 23.4 Å². The number of ether oxygens (including phenoxy) is 1. The lowest BCUT2D eigenvalue weighted by Crippen LogP contribution is -2.16. The molecule has 0 saturated heterocycles. The number of nitrogens with two attached hydrogens (primary N) is 1. The molecule has 3 N–H and O–H groups in total. The summed E-state index contributed by atoms with van der Waals surface area (Å²) in [6.07, 6.45) is 0. The Morgan fingerprint density at radius 1 is 1.18 bits per heavy atom. The second kappa shape index (κ2) is 8.57. The maximum Gasteiger partial charge on any atom is 0.234 e. The van der Waals surface area contributed by atoms with Crippen molar-refractivity contribution in [3.63, 3.8) is 0 Å². The molecule has 0 bridgehead atoms. The first-order valence-corrected chi connectivity index (χ1v) is 9.35. The van der Waals surface area contributed by atoms with Gasteiger partial charge in [-0.1, -0.05) is 23.9 Å². The molecule has 8 nitrogen and oxygen atoms in total. The Morgan fingerprint density at radius 2 is 1.93 bits per heavy atom. The maximum absolute atomic E-state index is 12.2. The van der Waals surface area contributed by atoms with Crippen LogP contribution >= 0.6 is 11.8 Å². The van der Waals surface area contributed by atoms with Crippen LogP contribution in [0.3, 0.4) is 0 Å². The van der Waals surface area contributed by atoms with Crippen molar-refractivity contribution in [1.82, 2.24) is 14.9 Å². The Balaban J connectivity index is 1.63. The van der Waals surface area contributed by atoms with Crippen LogP contribution in [0.4, 0.5) is 5.69 Å². The highest BCUT2D eigenvalue weighted by Gasteiger charge is 2.14. The smallest absolute Gasteiger partial charge is 0.234 e. The molecule has 0 unspecified atom stereocenters. The lowest BCUT2D eigenvalue weighted by atomic mass is 10.1. The van der Waals surface area contributed by atoms with Crippen molar-refractivity contribution in [2.24, 2.45) is 0 Å². The molecule has 9 heteroatoms. The van der Waals surface area contributed by atoms with Gasteiger partial charge in [-0.2, -0.15) is 0 Å². The van der Waals surface area contributed by atoms with Gasteiger partial charge in [0.1, 0.15) is 5.75 Å². The van der Waals surface area contributed by atoms with E-state index >= 15 is 0 Å². The average molecular weight is 397 g/mol. The zero-order valence-corrected chi connectivity index (χ0v) is 16.2. The number of aromatic nitrogens is 3. The summed E-state index contributed by atoms with van der Waals surface area (Å²) in [4.78, 5) is 23.6. The SMILES string of the molecule is COc1ccc(-c2nnc(SCC(=O)Nc3cccc(C(C)=O)c3)n2N)cc1. The van der Waals surface area contributed by atoms with E-state index in [1.54, 1.807) is 43.5 Å². The van der Waals surface area contributed by atoms with Crippen molar-refractivity contribution in [3.8, 4) is 17.1 Å². The largest absolute Gasteiger partial charge is 0.497 e. The quantitative estimate of drug-likeness (QED) is 0.358. The highest BCUT2D eigenvalue weighted by molar-refractivity contribution is 7.99. The fourth-order valence-electron chi connectivity index (χ4n) is 2.46. The molecular weight excluding hydrogens is 378 g/mol. The number of Topliss-reactive ketones (excluding diaryl/α,β-unsaturated/α-hetero) is 1. The van der Waals surface area contributed by atoms with Crippen LogP contribution in [-0.4, -0.2) is 39.4 Å². The molecule has 1 amide bonds. The number of ketones is 1. The molecule has 1 heterocycles. The van der Waals surface area contributed by atoms with Gasteiger partial charge in [-0.3, -0.25) is 9.59 Å². The molecule has 0 saturated carbocycles. The van der Waals surface area contributed by atoms with Crippen LogP contribution in [0.2, 0.25) is 0 Å². The molecule has 0 aliphatic heterocycles. The van der Waals surface area contributed by atoms with Gasteiger partial charge in [0, 0.05) is 16.8 Å². The molecule has 3 rings (SSSR count). The van der Waals surface area contributed by atoms with Gasteiger partial charge in [-0.15, -0.1) is 10.2 Å². The number of hydrogen-bond acceptors (Lipinski definition) is 7. The molecule has 28 heavy (non-hydrogen) atoms. The lowest BCUT2D eigenvalue weighted by Gasteiger charge is -2.07. The summed E-state index contributed by atoms with van der Waals surface area (Å²) in [7, 11) is 1.59. The van der Waals surface area contributed by atoms with E-state index in [-0.39, 0.29) is 17.4 Å². The first-order chi connectivity index (χ1) is 13.5. The zero-order chi connectivity index (χ0) is 20.1. The Labute approximate surface area is 166 Å². The van der Waals surface area contributed by atoms with Gasteiger partial charge in [0.25, 0.3) is 0 Å². The molecule has 0 aliphatic rings. The molecular formula is C19H19N5O3S. The van der Waals surface area contributed by atoms with E-state index in [1.807, 2.05) is 12.1 Å². The molecule has 2 aromatic carbocycles. The Hall–Kier alpha value is -3.33. The molecule has 1 aromatic heterocycles. The number of nitrogen functional groups attached to an aromatic ring is 1. The third kappa shape index (κ3) is 4.49. The second-order valence-corrected chi connectivity index (χ2v) is 6.82. The van der Waals surface area contributed by atoms with Crippen molar-refractivity contribution < 1.29 is 14.3 Å². The minimum Gasteiger partial charge on any atom is -0.497 e. The van der Waals surface area contributed by atoms with Crippen LogP contribution in [-0.2, 0) is 4.79 Å². The van der Waals surface area contributed by atoms with Gasteiger partial charge >= 0.3 is 0 Å². The molecule has 3 aromatic rings. The minimum atomic E-state index is -0.236. The summed E-state index contributed by atoms with van der Waals surface area (Å²) < 4.78 is 6.48. The lowest BCUT2D eigenvalue weighted by molar-refractivity contribution is -0.113. The minimum absolute atomic E-state index is 0.0623. The third-order valence-electron chi connectivity index (χ3n) is 3.90. The van der Waals surface area contributed by atoms with Crippen LogP contribution in [0.25, 0.3) is 11.4 Å². The van der Waals surface area contributed by atoms with Gasteiger partial charge in [-0.25, -0.2) is 4.68 Å². The molecule has 0 atom stereocenters. The van der Waals surface area contributed by atoms with Crippen LogP contribution < -0.4 is 15.9 Å². The number of thioether (sulfide) groups is 1. The van der Waals surface area contributed by atoms with Crippen molar-refractivity contribution in [2.45, 2.75) is 12.1 Å². The van der Waals surface area contributed by atoms with Crippen molar-refractivity contribution in [3.05, 3.63) is 54.1 Å². The van der Waals surface area contributed by atoms with Gasteiger partial charge < -0.3 is 15.9 Å². The van der Waals surface area contributed by atoms with Gasteiger partial charge in [-0.05, 0) is 43.3 Å². The van der Waals surface area contributed by atoms with E-state index in [0.717, 1.165) is 11.3 Å². The Bertz CT molecular complexity index is 1000. The summed E-state index contributed by atoms with van der Waals surface area (Å²) in [5, 5.41) is 11.3. The number of carbonyl (C=O) groups excluding carboxylic acids is 2. The summed E-state index contributed by atoms with van der Waals surface area (Å²) in [6, 6.07) is 14.0. The van der Waals surface area contributed by atoms with E-state index in [2.05, 4.69) is 15.5 Å². The number of amides is 1. The second-order valence-electron chi connectivity index (χ2n) is 5.88. The summed E-state index contributed by atoms with van der Waals surface area (Å²) in [5.41, 5.74) is 1.89. The fraction of sp³-hybridized carbons (Fsp3) is 0.158. The molecule has 144 valence electrons. The third-order valence-corrected chi connectivity index (χ3v) is 4.84. The average Bonchev–Trinajstić information content (AvgIpc) is 3.07. The highest BCUT2D eigenvalue weighted by Crippen LogP contribution is 2.23. The maximum atomic E-state index is 12.2. The van der Waals surface area contributed by atoms with E-state index in [4.69, 9.17) is 10.6 Å². The van der Waals surface area contributed by atoms with Gasteiger partial charge in [0.15, 0.2) is 11.6 Å². The van der Waals surface area contributed by atoms with Crippen LogP contribution in [0, 0.1) is 0 Å². The topological polar surface area (TPSA) is 112 Å². The van der Waals surface area contributed by atoms with Crippen molar-refractivity contribution in [1.29, 1.82) is 0 Å². The first kappa shape index (κ1) is 19.4. The van der Waals surface area contributed by atoms with Crippen LogP contribution in [0.15, 0.2) is 53.7 Å². The van der Waals surface area contributed by atoms with Crippen LogP contribution in [0.5, 0.6) is 5.75 Å². The van der Waals surface area contributed by atoms with E-state index in [0.29, 0.717) is 22.2 Å². The van der Waals surface area contributed by atoms with E-state index in [9.17, 15) is 9.59 Å². The van der Waals surface area contributed by atoms with Crippen LogP contribution in [0.1, 0.15) is 17.3 Å². The van der Waals surface area contributed by atoms with Gasteiger partial charge in [0.05, 0.1) is 12.9 Å².